The van der Waals surface area contributed by atoms with E-state index < -0.39 is 8.07 Å². The Bertz CT molecular complexity index is 399. The summed E-state index contributed by atoms with van der Waals surface area (Å²) in [7, 11) is -1.12. The Morgan fingerprint density at radius 1 is 1.10 bits per heavy atom. The standard InChI is InChI=1S/C17H30N2Si/c1-20(2,3)14-19(13-15-9-5-4-6-10-15)17-12-8-7-11-16(17)18/h4-6,9-10,16-17H,7-8,11-14,18H2,1-3H3/t16-,17-/m0/s1. The summed E-state index contributed by atoms with van der Waals surface area (Å²) in [5.74, 6) is 0. The first kappa shape index (κ1) is 15.7. The molecule has 0 saturated heterocycles. The Morgan fingerprint density at radius 3 is 2.35 bits per heavy atom. The number of hydrogen-bond acceptors (Lipinski definition) is 2. The molecule has 2 atom stereocenters. The van der Waals surface area contributed by atoms with Crippen LogP contribution in [0.4, 0.5) is 0 Å². The van der Waals surface area contributed by atoms with Gasteiger partial charge in [-0.15, -0.1) is 0 Å². The van der Waals surface area contributed by atoms with Crippen LogP contribution in [0, 0.1) is 0 Å². The molecule has 1 fully saturated rings. The Balaban J connectivity index is 2.11. The van der Waals surface area contributed by atoms with Gasteiger partial charge in [0, 0.05) is 18.6 Å². The van der Waals surface area contributed by atoms with Gasteiger partial charge in [0.05, 0.1) is 8.07 Å². The predicted molar refractivity (Wildman–Crippen MR) is 90.4 cm³/mol. The van der Waals surface area contributed by atoms with Crippen LogP contribution >= 0.6 is 0 Å². The van der Waals surface area contributed by atoms with Crippen molar-refractivity contribution in [2.45, 2.75) is 64.0 Å². The van der Waals surface area contributed by atoms with E-state index in [-0.39, 0.29) is 0 Å². The molecule has 1 aliphatic rings. The van der Waals surface area contributed by atoms with Gasteiger partial charge in [0.1, 0.15) is 0 Å². The Kier molecular flexibility index (Phi) is 5.41. The third-order valence-electron chi connectivity index (χ3n) is 4.16. The van der Waals surface area contributed by atoms with Gasteiger partial charge in [-0.3, -0.25) is 4.90 Å². The van der Waals surface area contributed by atoms with Gasteiger partial charge in [-0.1, -0.05) is 62.8 Å². The van der Waals surface area contributed by atoms with E-state index in [0.717, 1.165) is 6.54 Å². The van der Waals surface area contributed by atoms with Crippen molar-refractivity contribution in [3.63, 3.8) is 0 Å². The summed E-state index contributed by atoms with van der Waals surface area (Å²) in [6, 6.07) is 11.8. The van der Waals surface area contributed by atoms with Crippen molar-refractivity contribution in [2.24, 2.45) is 5.73 Å². The molecule has 1 saturated carbocycles. The molecule has 0 heterocycles. The second-order valence-corrected chi connectivity index (χ2v) is 12.9. The molecule has 2 rings (SSSR count). The van der Waals surface area contributed by atoms with E-state index in [1.54, 1.807) is 0 Å². The van der Waals surface area contributed by atoms with Crippen molar-refractivity contribution in [1.29, 1.82) is 0 Å². The smallest absolute Gasteiger partial charge is 0.0599 e. The molecule has 0 aliphatic heterocycles. The summed E-state index contributed by atoms with van der Waals surface area (Å²) >= 11 is 0. The highest BCUT2D eigenvalue weighted by Gasteiger charge is 2.30. The van der Waals surface area contributed by atoms with Gasteiger partial charge in [0.25, 0.3) is 0 Å². The molecule has 2 nitrogen and oxygen atoms in total. The predicted octanol–water partition coefficient (Wildman–Crippen LogP) is 3.64. The molecule has 0 unspecified atom stereocenters. The summed E-state index contributed by atoms with van der Waals surface area (Å²) in [5, 5.41) is 0. The van der Waals surface area contributed by atoms with Gasteiger partial charge in [0.15, 0.2) is 0 Å². The fourth-order valence-corrected chi connectivity index (χ4v) is 4.88. The van der Waals surface area contributed by atoms with E-state index >= 15 is 0 Å². The lowest BCUT2D eigenvalue weighted by Gasteiger charge is -2.41. The zero-order valence-corrected chi connectivity index (χ0v) is 14.3. The summed E-state index contributed by atoms with van der Waals surface area (Å²) in [5.41, 5.74) is 7.85. The van der Waals surface area contributed by atoms with Gasteiger partial charge in [-0.2, -0.15) is 0 Å². The third kappa shape index (κ3) is 4.72. The fraction of sp³-hybridized carbons (Fsp3) is 0.647. The molecular formula is C17H30N2Si. The molecule has 1 aromatic rings. The minimum absolute atomic E-state index is 0.365. The minimum Gasteiger partial charge on any atom is -0.326 e. The third-order valence-corrected chi connectivity index (χ3v) is 5.51. The fourth-order valence-electron chi connectivity index (χ4n) is 3.31. The van der Waals surface area contributed by atoms with Crippen LogP contribution in [0.3, 0.4) is 0 Å². The maximum absolute atomic E-state index is 6.43. The minimum atomic E-state index is -1.12. The molecule has 3 heteroatoms. The lowest BCUT2D eigenvalue weighted by atomic mass is 9.90. The molecule has 2 N–H and O–H groups in total. The maximum Gasteiger partial charge on any atom is 0.0599 e. The lowest BCUT2D eigenvalue weighted by Crippen LogP contribution is -2.53. The molecule has 0 spiro atoms. The summed E-state index contributed by atoms with van der Waals surface area (Å²) < 4.78 is 0. The number of nitrogens with two attached hydrogens (primary N) is 1. The summed E-state index contributed by atoms with van der Waals surface area (Å²) in [4.78, 5) is 2.69. The number of rotatable bonds is 5. The summed E-state index contributed by atoms with van der Waals surface area (Å²) in [6.07, 6.45) is 6.37. The van der Waals surface area contributed by atoms with Crippen molar-refractivity contribution in [3.05, 3.63) is 35.9 Å². The number of nitrogens with zero attached hydrogens (tertiary/aromatic N) is 1. The molecular weight excluding hydrogens is 260 g/mol. The second kappa shape index (κ2) is 6.88. The van der Waals surface area contributed by atoms with Crippen LogP contribution in [0.15, 0.2) is 30.3 Å². The topological polar surface area (TPSA) is 29.3 Å². The van der Waals surface area contributed by atoms with Crippen LogP contribution in [0.5, 0.6) is 0 Å². The summed E-state index contributed by atoms with van der Waals surface area (Å²) in [6.45, 7) is 8.43. The highest BCUT2D eigenvalue weighted by atomic mass is 28.3. The van der Waals surface area contributed by atoms with E-state index in [2.05, 4.69) is 54.9 Å². The molecule has 0 bridgehead atoms. The van der Waals surface area contributed by atoms with Crippen molar-refractivity contribution in [1.82, 2.24) is 4.90 Å². The van der Waals surface area contributed by atoms with Gasteiger partial charge in [-0.05, 0) is 24.6 Å². The molecule has 0 amide bonds. The van der Waals surface area contributed by atoms with E-state index in [0.29, 0.717) is 12.1 Å². The van der Waals surface area contributed by atoms with Crippen LogP contribution in [-0.4, -0.2) is 31.2 Å². The van der Waals surface area contributed by atoms with E-state index in [4.69, 9.17) is 5.73 Å². The zero-order chi connectivity index (χ0) is 14.6. The quantitative estimate of drug-likeness (QED) is 0.839. The SMILES string of the molecule is C[Si](C)(C)CN(Cc1ccccc1)[C@H]1CCCC[C@@H]1N. The van der Waals surface area contributed by atoms with Crippen molar-refractivity contribution < 1.29 is 0 Å². The Hall–Kier alpha value is -0.643. The van der Waals surface area contributed by atoms with Gasteiger partial charge in [0.2, 0.25) is 0 Å². The normalized spacial score (nSPS) is 24.1. The molecule has 0 aromatic heterocycles. The largest absolute Gasteiger partial charge is 0.326 e. The first-order valence-electron chi connectivity index (χ1n) is 7.99. The molecule has 1 aliphatic carbocycles. The van der Waals surface area contributed by atoms with Crippen molar-refractivity contribution in [2.75, 3.05) is 6.17 Å². The molecule has 1 aromatic carbocycles. The molecule has 0 radical (unpaired) electrons. The Morgan fingerprint density at radius 2 is 1.75 bits per heavy atom. The number of benzene rings is 1. The van der Waals surface area contributed by atoms with Crippen LogP contribution in [0.1, 0.15) is 31.2 Å². The van der Waals surface area contributed by atoms with Crippen LogP contribution in [0.2, 0.25) is 19.6 Å². The van der Waals surface area contributed by atoms with Gasteiger partial charge >= 0.3 is 0 Å². The zero-order valence-electron chi connectivity index (χ0n) is 13.3. The Labute approximate surface area is 125 Å². The monoisotopic (exact) mass is 290 g/mol. The number of hydrogen-bond donors (Lipinski definition) is 1. The maximum atomic E-state index is 6.43. The average molecular weight is 291 g/mol. The van der Waals surface area contributed by atoms with E-state index in [1.165, 1.54) is 37.4 Å². The molecule has 112 valence electrons. The highest BCUT2D eigenvalue weighted by Crippen LogP contribution is 2.24. The molecule has 20 heavy (non-hydrogen) atoms. The highest BCUT2D eigenvalue weighted by molar-refractivity contribution is 6.76. The van der Waals surface area contributed by atoms with Crippen LogP contribution < -0.4 is 5.73 Å². The van der Waals surface area contributed by atoms with Crippen molar-refractivity contribution in [3.8, 4) is 0 Å². The van der Waals surface area contributed by atoms with Gasteiger partial charge < -0.3 is 5.73 Å². The first-order chi connectivity index (χ1) is 9.46. The van der Waals surface area contributed by atoms with Crippen molar-refractivity contribution >= 4 is 8.07 Å². The van der Waals surface area contributed by atoms with Crippen LogP contribution in [-0.2, 0) is 6.54 Å². The van der Waals surface area contributed by atoms with E-state index in [9.17, 15) is 0 Å². The average Bonchev–Trinajstić information content (AvgIpc) is 2.38. The second-order valence-electron chi connectivity index (χ2n) is 7.47. The van der Waals surface area contributed by atoms with Gasteiger partial charge in [-0.25, -0.2) is 0 Å². The van der Waals surface area contributed by atoms with Crippen LogP contribution in [0.25, 0.3) is 0 Å². The van der Waals surface area contributed by atoms with E-state index in [1.807, 2.05) is 0 Å². The lowest BCUT2D eigenvalue weighted by molar-refractivity contribution is 0.150. The first-order valence-corrected chi connectivity index (χ1v) is 11.7.